The Morgan fingerprint density at radius 1 is 0.917 bits per heavy atom. The van der Waals surface area contributed by atoms with Crippen LogP contribution >= 0.6 is 11.6 Å². The third-order valence-corrected chi connectivity index (χ3v) is 5.50. The van der Waals surface area contributed by atoms with Gasteiger partial charge in [-0.15, -0.1) is 11.6 Å². The van der Waals surface area contributed by atoms with E-state index < -0.39 is 7.25 Å². The SMILES string of the molecule is COc1ccc([S+](CCCCl)c2ccccc2)cc1.F[B-](F)(F)F. The first-order valence-electron chi connectivity index (χ1n) is 7.18. The van der Waals surface area contributed by atoms with Crippen LogP contribution < -0.4 is 4.74 Å². The average molecular weight is 381 g/mol. The Hall–Kier alpha value is -1.34. The second kappa shape index (κ2) is 10.5. The molecule has 0 radical (unpaired) electrons. The van der Waals surface area contributed by atoms with Crippen LogP contribution in [0.1, 0.15) is 6.42 Å². The predicted molar refractivity (Wildman–Crippen MR) is 93.7 cm³/mol. The van der Waals surface area contributed by atoms with Gasteiger partial charge in [0.25, 0.3) is 0 Å². The van der Waals surface area contributed by atoms with Gasteiger partial charge in [-0.25, -0.2) is 0 Å². The highest BCUT2D eigenvalue weighted by atomic mass is 35.5. The summed E-state index contributed by atoms with van der Waals surface area (Å²) in [7, 11) is -4.21. The number of halogens is 5. The maximum atomic E-state index is 9.75. The fourth-order valence-electron chi connectivity index (χ4n) is 1.90. The molecule has 0 saturated heterocycles. The monoisotopic (exact) mass is 380 g/mol. The summed E-state index contributed by atoms with van der Waals surface area (Å²) in [5.74, 6) is 2.71. The minimum absolute atomic E-state index is 0.0986. The summed E-state index contributed by atoms with van der Waals surface area (Å²) in [6, 6.07) is 19.0. The van der Waals surface area contributed by atoms with Gasteiger partial charge in [-0.3, -0.25) is 0 Å². The van der Waals surface area contributed by atoms with Gasteiger partial charge >= 0.3 is 7.25 Å². The van der Waals surface area contributed by atoms with E-state index in [4.69, 9.17) is 16.3 Å². The van der Waals surface area contributed by atoms with Crippen LogP contribution in [0.3, 0.4) is 0 Å². The Kier molecular flexibility index (Phi) is 9.07. The molecule has 0 fully saturated rings. The first-order chi connectivity index (χ1) is 11.3. The van der Waals surface area contributed by atoms with E-state index in [0.717, 1.165) is 17.9 Å². The van der Waals surface area contributed by atoms with Crippen LogP contribution in [0.25, 0.3) is 0 Å². The summed E-state index contributed by atoms with van der Waals surface area (Å²) in [6.07, 6.45) is 1.03. The van der Waals surface area contributed by atoms with Crippen molar-refractivity contribution < 1.29 is 22.0 Å². The van der Waals surface area contributed by atoms with Gasteiger partial charge in [0.2, 0.25) is 0 Å². The fourth-order valence-corrected chi connectivity index (χ4v) is 4.31. The molecule has 0 aliphatic carbocycles. The van der Waals surface area contributed by atoms with E-state index in [1.807, 2.05) is 12.1 Å². The van der Waals surface area contributed by atoms with Crippen LogP contribution in [0.5, 0.6) is 5.75 Å². The molecule has 0 aliphatic rings. The Labute approximate surface area is 147 Å². The minimum Gasteiger partial charge on any atom is -0.497 e. The quantitative estimate of drug-likeness (QED) is 0.272. The molecular formula is C16H18BClF4OS. The predicted octanol–water partition coefficient (Wildman–Crippen LogP) is 5.66. The highest BCUT2D eigenvalue weighted by Gasteiger charge is 2.24. The van der Waals surface area contributed by atoms with E-state index in [1.165, 1.54) is 9.79 Å². The van der Waals surface area contributed by atoms with Gasteiger partial charge in [-0.1, -0.05) is 18.2 Å². The lowest BCUT2D eigenvalue weighted by atomic mass is 10.3. The second-order valence-electron chi connectivity index (χ2n) is 4.62. The molecule has 1 unspecified atom stereocenters. The Balaban J connectivity index is 0.000000505. The van der Waals surface area contributed by atoms with Gasteiger partial charge in [0, 0.05) is 12.3 Å². The molecule has 0 aromatic heterocycles. The fraction of sp³-hybridized carbons (Fsp3) is 0.250. The third-order valence-electron chi connectivity index (χ3n) is 2.85. The van der Waals surface area contributed by atoms with Gasteiger partial charge in [-0.2, -0.15) is 0 Å². The molecule has 0 aliphatic heterocycles. The topological polar surface area (TPSA) is 9.23 Å². The molecule has 8 heteroatoms. The number of methoxy groups -OCH3 is 1. The molecule has 0 amide bonds. The molecule has 1 atom stereocenters. The first-order valence-corrected chi connectivity index (χ1v) is 9.11. The average Bonchev–Trinajstić information content (AvgIpc) is 2.55. The number of alkyl halides is 1. The van der Waals surface area contributed by atoms with E-state index in [-0.39, 0.29) is 10.9 Å². The van der Waals surface area contributed by atoms with Crippen molar-refractivity contribution in [2.45, 2.75) is 16.2 Å². The summed E-state index contributed by atoms with van der Waals surface area (Å²) < 4.78 is 44.2. The Bertz CT molecular complexity index is 575. The summed E-state index contributed by atoms with van der Waals surface area (Å²) in [5.41, 5.74) is 0. The molecule has 0 spiro atoms. The summed E-state index contributed by atoms with van der Waals surface area (Å²) in [5, 5.41) is 0. The standard InChI is InChI=1S/C16H18ClOS.BF4/c1-18-14-8-10-16(11-9-14)19(13-5-12-17)15-6-3-2-4-7-15;2-1(3,4)5/h2-4,6-11H,5,12-13H2,1H3;/q+1;-1. The van der Waals surface area contributed by atoms with Crippen molar-refractivity contribution in [2.75, 3.05) is 18.7 Å². The maximum Gasteiger partial charge on any atom is 0.673 e. The highest BCUT2D eigenvalue weighted by Crippen LogP contribution is 2.26. The Morgan fingerprint density at radius 2 is 1.42 bits per heavy atom. The molecule has 2 aromatic carbocycles. The molecule has 24 heavy (non-hydrogen) atoms. The highest BCUT2D eigenvalue weighted by molar-refractivity contribution is 7.97. The van der Waals surface area contributed by atoms with Crippen molar-refractivity contribution in [1.82, 2.24) is 0 Å². The van der Waals surface area contributed by atoms with Crippen LogP contribution in [0.2, 0.25) is 0 Å². The second-order valence-corrected chi connectivity index (χ2v) is 7.13. The van der Waals surface area contributed by atoms with E-state index in [2.05, 4.69) is 42.5 Å². The van der Waals surface area contributed by atoms with Crippen molar-refractivity contribution in [3.63, 3.8) is 0 Å². The number of benzene rings is 2. The van der Waals surface area contributed by atoms with E-state index in [0.29, 0.717) is 5.88 Å². The Morgan fingerprint density at radius 3 is 1.88 bits per heavy atom. The molecular weight excluding hydrogens is 362 g/mol. The summed E-state index contributed by atoms with van der Waals surface area (Å²) >= 11 is 5.85. The zero-order valence-corrected chi connectivity index (χ0v) is 14.7. The van der Waals surface area contributed by atoms with Crippen LogP contribution in [0, 0.1) is 0 Å². The number of hydrogen-bond acceptors (Lipinski definition) is 1. The van der Waals surface area contributed by atoms with Gasteiger partial charge in [0.15, 0.2) is 9.79 Å². The third kappa shape index (κ3) is 8.50. The summed E-state index contributed by atoms with van der Waals surface area (Å²) in [4.78, 5) is 2.72. The van der Waals surface area contributed by atoms with Crippen LogP contribution in [0.4, 0.5) is 17.3 Å². The van der Waals surface area contributed by atoms with Gasteiger partial charge in [-0.05, 0) is 36.4 Å². The van der Waals surface area contributed by atoms with E-state index >= 15 is 0 Å². The lowest BCUT2D eigenvalue weighted by Gasteiger charge is -2.08. The molecule has 0 heterocycles. The van der Waals surface area contributed by atoms with E-state index in [1.54, 1.807) is 7.11 Å². The van der Waals surface area contributed by atoms with Crippen LogP contribution in [-0.4, -0.2) is 26.0 Å². The summed E-state index contributed by atoms with van der Waals surface area (Å²) in [6.45, 7) is 0. The van der Waals surface area contributed by atoms with Gasteiger partial charge in [0.1, 0.15) is 11.5 Å². The number of rotatable bonds is 6. The molecule has 0 bridgehead atoms. The number of ether oxygens (including phenoxy) is 1. The number of hydrogen-bond donors (Lipinski definition) is 0. The van der Waals surface area contributed by atoms with Crippen molar-refractivity contribution in [1.29, 1.82) is 0 Å². The zero-order valence-electron chi connectivity index (χ0n) is 13.1. The lowest BCUT2D eigenvalue weighted by Crippen LogP contribution is -2.09. The molecule has 2 aromatic rings. The zero-order chi connectivity index (χ0) is 18.0. The maximum absolute atomic E-state index is 9.75. The first kappa shape index (κ1) is 20.7. The van der Waals surface area contributed by atoms with Crippen molar-refractivity contribution in [3.05, 3.63) is 54.6 Å². The minimum atomic E-state index is -6.00. The van der Waals surface area contributed by atoms with Crippen molar-refractivity contribution >= 4 is 29.8 Å². The van der Waals surface area contributed by atoms with Crippen molar-refractivity contribution in [3.8, 4) is 5.75 Å². The van der Waals surface area contributed by atoms with Gasteiger partial charge in [0.05, 0.1) is 18.0 Å². The molecule has 132 valence electrons. The largest absolute Gasteiger partial charge is 0.673 e. The lowest BCUT2D eigenvalue weighted by molar-refractivity contribution is 0.368. The van der Waals surface area contributed by atoms with E-state index in [9.17, 15) is 17.3 Å². The van der Waals surface area contributed by atoms with Crippen molar-refractivity contribution in [2.24, 2.45) is 0 Å². The molecule has 1 nitrogen and oxygen atoms in total. The van der Waals surface area contributed by atoms with Crippen LogP contribution in [-0.2, 0) is 10.9 Å². The smallest absolute Gasteiger partial charge is 0.497 e. The normalized spacial score (nSPS) is 12.1. The molecule has 0 saturated carbocycles. The van der Waals surface area contributed by atoms with Crippen LogP contribution in [0.15, 0.2) is 64.4 Å². The molecule has 0 N–H and O–H groups in total. The van der Waals surface area contributed by atoms with Gasteiger partial charge < -0.3 is 22.0 Å². The molecule has 2 rings (SSSR count).